The molecular formula is C36H48Cl2N8O2. The molecule has 12 heteroatoms. The van der Waals surface area contributed by atoms with Gasteiger partial charge in [0.1, 0.15) is 0 Å². The summed E-state index contributed by atoms with van der Waals surface area (Å²) in [4.78, 5) is 22.1. The maximum atomic E-state index is 12.4. The van der Waals surface area contributed by atoms with E-state index in [0.717, 1.165) is 118 Å². The van der Waals surface area contributed by atoms with Gasteiger partial charge in [-0.2, -0.15) is 10.2 Å². The number of rotatable bonds is 7. The SMILES string of the molecule is C=CC(=O)N1CC2(CC(n3nc(N4CC[C@@H](CN5CCN(C6COC6)CC5)CC4(C)C)c(-c4c(Cl)c(Cl)cc5[nH]ncc45)c3C)C2)[C@H]1C. The molecule has 48 heavy (non-hydrogen) atoms. The highest BCUT2D eigenvalue weighted by atomic mass is 35.5. The van der Waals surface area contributed by atoms with Crippen molar-refractivity contribution < 1.29 is 9.53 Å². The first-order chi connectivity index (χ1) is 23.0. The molecule has 1 aliphatic carbocycles. The molecule has 0 bridgehead atoms. The molecule has 3 aromatic rings. The summed E-state index contributed by atoms with van der Waals surface area (Å²) in [6.07, 6.45) is 7.48. The van der Waals surface area contributed by atoms with Gasteiger partial charge in [-0.25, -0.2) is 0 Å². The summed E-state index contributed by atoms with van der Waals surface area (Å²) in [5.41, 5.74) is 3.93. The minimum absolute atomic E-state index is 0.0211. The Morgan fingerprint density at radius 3 is 2.50 bits per heavy atom. The fourth-order valence-corrected chi connectivity index (χ4v) is 10.00. The second kappa shape index (κ2) is 12.0. The number of piperazine rings is 1. The van der Waals surface area contributed by atoms with Gasteiger partial charge in [0.25, 0.3) is 0 Å². The molecule has 0 radical (unpaired) electrons. The van der Waals surface area contributed by atoms with Crippen molar-refractivity contribution >= 4 is 45.8 Å². The smallest absolute Gasteiger partial charge is 0.246 e. The number of carbonyl (C=O) groups excluding carboxylic acids is 1. The summed E-state index contributed by atoms with van der Waals surface area (Å²) in [5.74, 6) is 1.63. The van der Waals surface area contributed by atoms with E-state index >= 15 is 0 Å². The van der Waals surface area contributed by atoms with Crippen LogP contribution >= 0.6 is 23.2 Å². The zero-order valence-electron chi connectivity index (χ0n) is 28.6. The van der Waals surface area contributed by atoms with E-state index in [0.29, 0.717) is 22.0 Å². The standard InChI is InChI=1S/C36H48Cl2N8O2/c1-6-30(47)44-21-36(23(44)3)15-25(16-36)46-22(2)31(32-27-17-39-40-29(27)13-28(37)33(32)38)34(41-46)45-8-7-24(14-35(45,4)5)18-42-9-11-43(12-10-42)26-19-48-20-26/h6,13,17,23-26H,1,7-12,14-16,18-21H2,2-5H3,(H,39,40)/t23-,24-,25?,36?/m1/s1. The largest absolute Gasteiger partial charge is 0.378 e. The lowest BCUT2D eigenvalue weighted by atomic mass is 9.56. The van der Waals surface area contributed by atoms with E-state index in [4.69, 9.17) is 33.0 Å². The number of benzene rings is 1. The second-order valence-corrected chi connectivity index (χ2v) is 16.5. The molecule has 2 atom stereocenters. The highest BCUT2D eigenvalue weighted by Gasteiger charge is 2.59. The van der Waals surface area contributed by atoms with Gasteiger partial charge in [0.05, 0.1) is 47.1 Å². The van der Waals surface area contributed by atoms with Crippen molar-refractivity contribution in [3.63, 3.8) is 0 Å². The van der Waals surface area contributed by atoms with Gasteiger partial charge in [0.15, 0.2) is 5.82 Å². The minimum Gasteiger partial charge on any atom is -0.378 e. The number of amides is 1. The molecule has 4 aliphatic heterocycles. The summed E-state index contributed by atoms with van der Waals surface area (Å²) in [5, 5.41) is 14.9. The third-order valence-electron chi connectivity index (χ3n) is 12.5. The highest BCUT2D eigenvalue weighted by molar-refractivity contribution is 6.45. The number of piperidine rings is 1. The Morgan fingerprint density at radius 2 is 1.85 bits per heavy atom. The maximum Gasteiger partial charge on any atom is 0.246 e. The van der Waals surface area contributed by atoms with Crippen LogP contribution in [0.5, 0.6) is 0 Å². The monoisotopic (exact) mass is 694 g/mol. The highest BCUT2D eigenvalue weighted by Crippen LogP contribution is 2.59. The Kier molecular flexibility index (Phi) is 8.15. The molecule has 5 aliphatic rings. The lowest BCUT2D eigenvalue weighted by Gasteiger charge is -2.63. The summed E-state index contributed by atoms with van der Waals surface area (Å²) in [7, 11) is 0. The van der Waals surface area contributed by atoms with Crippen LogP contribution in [-0.4, -0.2) is 117 Å². The van der Waals surface area contributed by atoms with Crippen molar-refractivity contribution in [2.45, 2.75) is 77.0 Å². The van der Waals surface area contributed by atoms with Gasteiger partial charge < -0.3 is 19.4 Å². The van der Waals surface area contributed by atoms with Crippen molar-refractivity contribution in [2.75, 3.05) is 63.9 Å². The number of H-pyrrole nitrogens is 1. The minimum atomic E-state index is -0.107. The Balaban J connectivity index is 1.07. The van der Waals surface area contributed by atoms with Crippen LogP contribution in [0.1, 0.15) is 58.2 Å². The summed E-state index contributed by atoms with van der Waals surface area (Å²) < 4.78 is 7.69. The first kappa shape index (κ1) is 32.6. The van der Waals surface area contributed by atoms with Crippen LogP contribution in [0.25, 0.3) is 22.0 Å². The van der Waals surface area contributed by atoms with Gasteiger partial charge in [0.2, 0.25) is 5.91 Å². The second-order valence-electron chi connectivity index (χ2n) is 15.7. The number of nitrogens with one attached hydrogen (secondary N) is 1. The molecule has 258 valence electrons. The van der Waals surface area contributed by atoms with Crippen molar-refractivity contribution in [3.8, 4) is 11.1 Å². The Morgan fingerprint density at radius 1 is 1.10 bits per heavy atom. The Bertz CT molecular complexity index is 1730. The molecule has 0 unspecified atom stereocenters. The average molecular weight is 696 g/mol. The number of nitrogens with zero attached hydrogens (tertiary/aromatic N) is 7. The summed E-state index contributed by atoms with van der Waals surface area (Å²) in [6.45, 7) is 22.0. The van der Waals surface area contributed by atoms with E-state index in [9.17, 15) is 4.79 Å². The molecule has 1 saturated carbocycles. The van der Waals surface area contributed by atoms with Crippen LogP contribution in [0.15, 0.2) is 24.9 Å². The molecule has 6 heterocycles. The lowest BCUT2D eigenvalue weighted by molar-refractivity contribution is -0.167. The molecule has 2 aromatic heterocycles. The molecule has 1 spiro atoms. The zero-order valence-corrected chi connectivity index (χ0v) is 30.2. The molecule has 10 nitrogen and oxygen atoms in total. The van der Waals surface area contributed by atoms with Crippen LogP contribution in [0.4, 0.5) is 5.82 Å². The first-order valence-corrected chi connectivity index (χ1v) is 18.4. The number of carbonyl (C=O) groups is 1. The summed E-state index contributed by atoms with van der Waals surface area (Å²) in [6, 6.07) is 2.94. The molecule has 4 saturated heterocycles. The van der Waals surface area contributed by atoms with E-state index in [2.05, 4.69) is 63.9 Å². The van der Waals surface area contributed by atoms with Crippen molar-refractivity contribution in [2.24, 2.45) is 11.3 Å². The molecule has 1 aromatic carbocycles. The number of anilines is 1. The number of hydrogen-bond donors (Lipinski definition) is 1. The van der Waals surface area contributed by atoms with E-state index in [-0.39, 0.29) is 28.9 Å². The predicted molar refractivity (Wildman–Crippen MR) is 191 cm³/mol. The quantitative estimate of drug-likeness (QED) is 0.314. The number of aromatic amines is 1. The van der Waals surface area contributed by atoms with Crippen molar-refractivity contribution in [3.05, 3.63) is 40.7 Å². The van der Waals surface area contributed by atoms with Crippen LogP contribution in [0, 0.1) is 18.3 Å². The van der Waals surface area contributed by atoms with Crippen LogP contribution < -0.4 is 4.90 Å². The molecule has 8 rings (SSSR count). The topological polar surface area (TPSA) is 85.8 Å². The lowest BCUT2D eigenvalue weighted by Crippen LogP contribution is -2.69. The zero-order chi connectivity index (χ0) is 33.5. The third-order valence-corrected chi connectivity index (χ3v) is 13.3. The Labute approximate surface area is 293 Å². The molecule has 1 amide bonds. The number of aromatic nitrogens is 4. The molecule has 5 fully saturated rings. The molecule has 1 N–H and O–H groups in total. The predicted octanol–water partition coefficient (Wildman–Crippen LogP) is 5.79. The van der Waals surface area contributed by atoms with Gasteiger partial charge >= 0.3 is 0 Å². The van der Waals surface area contributed by atoms with Gasteiger partial charge in [-0.1, -0.05) is 29.8 Å². The van der Waals surface area contributed by atoms with Crippen LogP contribution in [0.3, 0.4) is 0 Å². The third kappa shape index (κ3) is 5.20. The van der Waals surface area contributed by atoms with E-state index in [1.807, 2.05) is 17.2 Å². The summed E-state index contributed by atoms with van der Waals surface area (Å²) >= 11 is 13.9. The normalized spacial score (nSPS) is 29.6. The van der Waals surface area contributed by atoms with E-state index in [1.54, 1.807) is 0 Å². The number of hydrogen-bond acceptors (Lipinski definition) is 7. The van der Waals surface area contributed by atoms with Crippen molar-refractivity contribution in [1.29, 1.82) is 0 Å². The van der Waals surface area contributed by atoms with Gasteiger partial charge in [-0.3, -0.25) is 19.5 Å². The fourth-order valence-electron chi connectivity index (χ4n) is 9.54. The van der Waals surface area contributed by atoms with E-state index in [1.165, 1.54) is 6.08 Å². The van der Waals surface area contributed by atoms with Gasteiger partial charge in [-0.05, 0) is 71.4 Å². The fraction of sp³-hybridized carbons (Fsp3) is 0.639. The maximum absolute atomic E-state index is 12.4. The first-order valence-electron chi connectivity index (χ1n) is 17.6. The average Bonchev–Trinajstić information content (AvgIpc) is 3.60. The number of halogens is 2. The number of fused-ring (bicyclic) bond motifs is 1. The van der Waals surface area contributed by atoms with E-state index < -0.39 is 0 Å². The van der Waals surface area contributed by atoms with Gasteiger partial charge in [-0.15, -0.1) is 0 Å². The number of likely N-dealkylation sites (tertiary alicyclic amines) is 1. The Hall–Kier alpha value is -2.63. The number of ether oxygens (including phenoxy) is 1. The molecular weight excluding hydrogens is 647 g/mol. The van der Waals surface area contributed by atoms with Crippen LogP contribution in [0.2, 0.25) is 10.0 Å². The van der Waals surface area contributed by atoms with Crippen molar-refractivity contribution in [1.82, 2.24) is 34.7 Å². The van der Waals surface area contributed by atoms with Gasteiger partial charge in [0, 0.05) is 85.0 Å². The van der Waals surface area contributed by atoms with Crippen LogP contribution in [-0.2, 0) is 9.53 Å².